The summed E-state index contributed by atoms with van der Waals surface area (Å²) in [6.45, 7) is 0. The first-order valence-corrected chi connectivity index (χ1v) is 4.41. The van der Waals surface area contributed by atoms with Crippen molar-refractivity contribution in [1.82, 2.24) is 4.57 Å². The van der Waals surface area contributed by atoms with Gasteiger partial charge in [0.15, 0.2) is 0 Å². The standard InChI is InChI=1S/C9H9NS/c1-10-6-2-4-8(10)9-5-3-7-11-9/h2-7H,1H3. The van der Waals surface area contributed by atoms with Gasteiger partial charge in [0, 0.05) is 13.2 Å². The summed E-state index contributed by atoms with van der Waals surface area (Å²) in [5, 5.41) is 2.10. The molecule has 0 aliphatic heterocycles. The van der Waals surface area contributed by atoms with Crippen LogP contribution in [0.5, 0.6) is 0 Å². The van der Waals surface area contributed by atoms with Crippen LogP contribution in [-0.4, -0.2) is 4.57 Å². The van der Waals surface area contributed by atoms with E-state index in [-0.39, 0.29) is 0 Å². The topological polar surface area (TPSA) is 4.93 Å². The van der Waals surface area contributed by atoms with Crippen LogP contribution in [0.3, 0.4) is 0 Å². The SMILES string of the molecule is Cn1cccc1-c1cccs1. The van der Waals surface area contributed by atoms with E-state index in [2.05, 4.69) is 47.5 Å². The van der Waals surface area contributed by atoms with Crippen LogP contribution in [-0.2, 0) is 7.05 Å². The summed E-state index contributed by atoms with van der Waals surface area (Å²) < 4.78 is 2.13. The average Bonchev–Trinajstić information content (AvgIpc) is 2.55. The van der Waals surface area contributed by atoms with Crippen molar-refractivity contribution in [2.75, 3.05) is 0 Å². The van der Waals surface area contributed by atoms with Gasteiger partial charge in [-0.05, 0) is 23.6 Å². The van der Waals surface area contributed by atoms with E-state index in [1.807, 2.05) is 0 Å². The van der Waals surface area contributed by atoms with Gasteiger partial charge in [0.1, 0.15) is 0 Å². The minimum atomic E-state index is 1.29. The lowest BCUT2D eigenvalue weighted by atomic mass is 10.3. The molecule has 2 aromatic rings. The van der Waals surface area contributed by atoms with Gasteiger partial charge in [-0.3, -0.25) is 0 Å². The maximum absolute atomic E-state index is 2.14. The third kappa shape index (κ3) is 1.10. The van der Waals surface area contributed by atoms with Gasteiger partial charge in [0.05, 0.1) is 10.6 Å². The molecule has 56 valence electrons. The molecule has 0 bridgehead atoms. The summed E-state index contributed by atoms with van der Waals surface area (Å²) in [6.07, 6.45) is 2.06. The highest BCUT2D eigenvalue weighted by Gasteiger charge is 1.99. The molecule has 0 amide bonds. The number of thiophene rings is 1. The first kappa shape index (κ1) is 6.68. The molecule has 2 aromatic heterocycles. The van der Waals surface area contributed by atoms with Crippen molar-refractivity contribution in [1.29, 1.82) is 0 Å². The highest BCUT2D eigenvalue weighted by atomic mass is 32.1. The van der Waals surface area contributed by atoms with Crippen LogP contribution in [0.25, 0.3) is 10.6 Å². The fraction of sp³-hybridized carbons (Fsp3) is 0.111. The summed E-state index contributed by atoms with van der Waals surface area (Å²) in [7, 11) is 2.06. The first-order valence-electron chi connectivity index (χ1n) is 3.53. The molecule has 0 saturated carbocycles. The monoisotopic (exact) mass is 163 g/mol. The number of aryl methyl sites for hydroxylation is 1. The Kier molecular flexibility index (Phi) is 1.55. The highest BCUT2D eigenvalue weighted by molar-refractivity contribution is 7.13. The van der Waals surface area contributed by atoms with E-state index in [4.69, 9.17) is 0 Å². The maximum Gasteiger partial charge on any atom is 0.0579 e. The molecule has 0 aliphatic rings. The Hall–Kier alpha value is -1.02. The van der Waals surface area contributed by atoms with Gasteiger partial charge in [0.25, 0.3) is 0 Å². The van der Waals surface area contributed by atoms with E-state index in [9.17, 15) is 0 Å². The lowest BCUT2D eigenvalue weighted by Gasteiger charge is -1.97. The smallest absolute Gasteiger partial charge is 0.0579 e. The molecule has 0 aliphatic carbocycles. The molecule has 2 heteroatoms. The van der Waals surface area contributed by atoms with Crippen molar-refractivity contribution in [3.05, 3.63) is 35.8 Å². The van der Waals surface area contributed by atoms with Crippen molar-refractivity contribution < 1.29 is 0 Å². The predicted molar refractivity (Wildman–Crippen MR) is 48.7 cm³/mol. The van der Waals surface area contributed by atoms with Gasteiger partial charge in [-0.2, -0.15) is 0 Å². The minimum absolute atomic E-state index is 1.29. The molecule has 0 radical (unpaired) electrons. The van der Waals surface area contributed by atoms with E-state index in [0.29, 0.717) is 0 Å². The number of aromatic nitrogens is 1. The third-order valence-electron chi connectivity index (χ3n) is 1.72. The summed E-state index contributed by atoms with van der Waals surface area (Å²) >= 11 is 1.77. The minimum Gasteiger partial charge on any atom is -0.350 e. The van der Waals surface area contributed by atoms with Gasteiger partial charge < -0.3 is 4.57 Å². The lowest BCUT2D eigenvalue weighted by Crippen LogP contribution is -1.85. The zero-order chi connectivity index (χ0) is 7.68. The van der Waals surface area contributed by atoms with Gasteiger partial charge in [-0.25, -0.2) is 0 Å². The second-order valence-electron chi connectivity index (χ2n) is 2.48. The predicted octanol–water partition coefficient (Wildman–Crippen LogP) is 2.75. The van der Waals surface area contributed by atoms with Gasteiger partial charge in [-0.15, -0.1) is 11.3 Å². The second-order valence-corrected chi connectivity index (χ2v) is 3.43. The molecule has 0 atom stereocenters. The fourth-order valence-electron chi connectivity index (χ4n) is 1.14. The summed E-state index contributed by atoms with van der Waals surface area (Å²) in [5.41, 5.74) is 1.29. The Morgan fingerprint density at radius 3 is 2.73 bits per heavy atom. The van der Waals surface area contributed by atoms with Crippen LogP contribution in [0.4, 0.5) is 0 Å². The molecule has 2 heterocycles. The quantitative estimate of drug-likeness (QED) is 0.609. The zero-order valence-electron chi connectivity index (χ0n) is 6.32. The van der Waals surface area contributed by atoms with Crippen molar-refractivity contribution in [2.24, 2.45) is 7.05 Å². The van der Waals surface area contributed by atoms with Crippen molar-refractivity contribution in [3.8, 4) is 10.6 Å². The Balaban J connectivity index is 2.53. The molecular weight excluding hydrogens is 154 g/mol. The van der Waals surface area contributed by atoms with Crippen LogP contribution in [0.2, 0.25) is 0 Å². The molecule has 0 saturated heterocycles. The molecule has 0 aromatic carbocycles. The van der Waals surface area contributed by atoms with Gasteiger partial charge >= 0.3 is 0 Å². The highest BCUT2D eigenvalue weighted by Crippen LogP contribution is 2.23. The van der Waals surface area contributed by atoms with E-state index >= 15 is 0 Å². The number of nitrogens with zero attached hydrogens (tertiary/aromatic N) is 1. The lowest BCUT2D eigenvalue weighted by molar-refractivity contribution is 0.940. The Morgan fingerprint density at radius 1 is 1.27 bits per heavy atom. The fourth-order valence-corrected chi connectivity index (χ4v) is 1.94. The zero-order valence-corrected chi connectivity index (χ0v) is 7.14. The number of hydrogen-bond donors (Lipinski definition) is 0. The Bertz CT molecular complexity index is 332. The number of rotatable bonds is 1. The van der Waals surface area contributed by atoms with E-state index < -0.39 is 0 Å². The van der Waals surface area contributed by atoms with Crippen LogP contribution >= 0.6 is 11.3 Å². The first-order chi connectivity index (χ1) is 5.38. The molecule has 0 N–H and O–H groups in total. The summed E-state index contributed by atoms with van der Waals surface area (Å²) in [6, 6.07) is 8.41. The van der Waals surface area contributed by atoms with Gasteiger partial charge in [0.2, 0.25) is 0 Å². The molecule has 0 fully saturated rings. The third-order valence-corrected chi connectivity index (χ3v) is 2.61. The molecule has 11 heavy (non-hydrogen) atoms. The van der Waals surface area contributed by atoms with Crippen molar-refractivity contribution in [3.63, 3.8) is 0 Å². The maximum atomic E-state index is 2.14. The normalized spacial score (nSPS) is 10.3. The molecule has 0 spiro atoms. The molecular formula is C9H9NS. The Labute approximate surface area is 69.9 Å². The van der Waals surface area contributed by atoms with Crippen LogP contribution in [0.15, 0.2) is 35.8 Å². The molecule has 1 nitrogen and oxygen atoms in total. The largest absolute Gasteiger partial charge is 0.350 e. The van der Waals surface area contributed by atoms with E-state index in [1.165, 1.54) is 10.6 Å². The molecule has 2 rings (SSSR count). The average molecular weight is 163 g/mol. The van der Waals surface area contributed by atoms with Crippen LogP contribution in [0, 0.1) is 0 Å². The van der Waals surface area contributed by atoms with Crippen LogP contribution in [0.1, 0.15) is 0 Å². The van der Waals surface area contributed by atoms with E-state index in [1.54, 1.807) is 11.3 Å². The molecule has 0 unspecified atom stereocenters. The summed E-state index contributed by atoms with van der Waals surface area (Å²) in [4.78, 5) is 1.33. The number of hydrogen-bond acceptors (Lipinski definition) is 1. The van der Waals surface area contributed by atoms with Crippen LogP contribution < -0.4 is 0 Å². The Morgan fingerprint density at radius 2 is 2.18 bits per heavy atom. The van der Waals surface area contributed by atoms with Crippen molar-refractivity contribution >= 4 is 11.3 Å². The van der Waals surface area contributed by atoms with Gasteiger partial charge in [-0.1, -0.05) is 6.07 Å². The van der Waals surface area contributed by atoms with E-state index in [0.717, 1.165) is 0 Å². The summed E-state index contributed by atoms with van der Waals surface area (Å²) in [5.74, 6) is 0. The van der Waals surface area contributed by atoms with Crippen molar-refractivity contribution in [2.45, 2.75) is 0 Å². The second kappa shape index (κ2) is 2.55.